The molecule has 0 fully saturated rings. The van der Waals surface area contributed by atoms with Gasteiger partial charge in [0.1, 0.15) is 6.16 Å². The van der Waals surface area contributed by atoms with Gasteiger partial charge in [-0.1, -0.05) is 25.5 Å². The molecule has 0 aromatic carbocycles. The molecule has 0 radical (unpaired) electrons. The molecule has 0 aromatic heterocycles. The van der Waals surface area contributed by atoms with Gasteiger partial charge >= 0.3 is 19.5 Å². The van der Waals surface area contributed by atoms with E-state index in [0.29, 0.717) is 6.61 Å². The van der Waals surface area contributed by atoms with Crippen LogP contribution in [0.5, 0.6) is 0 Å². The minimum Gasteiger partial charge on any atom is -0.466 e. The molecule has 0 atom stereocenters. The van der Waals surface area contributed by atoms with E-state index in [2.05, 4.69) is 31.6 Å². The second-order valence-electron chi connectivity index (χ2n) is 7.39. The van der Waals surface area contributed by atoms with Crippen molar-refractivity contribution in [3.05, 3.63) is 23.3 Å². The molecular weight excluding hydrogens is 395 g/mol. The van der Waals surface area contributed by atoms with E-state index < -0.39 is 13.6 Å². The zero-order valence-corrected chi connectivity index (χ0v) is 19.8. The lowest BCUT2D eigenvalue weighted by Gasteiger charge is -2.30. The van der Waals surface area contributed by atoms with Gasteiger partial charge in [0.25, 0.3) is 0 Å². The molecule has 0 saturated carbocycles. The highest BCUT2D eigenvalue weighted by Crippen LogP contribution is 2.47. The van der Waals surface area contributed by atoms with Gasteiger partial charge in [0, 0.05) is 6.08 Å². The normalized spacial score (nSPS) is 17.1. The molecule has 1 aliphatic rings. The predicted molar refractivity (Wildman–Crippen MR) is 114 cm³/mol. The summed E-state index contributed by atoms with van der Waals surface area (Å²) in [4.78, 5) is 22.4. The summed E-state index contributed by atoms with van der Waals surface area (Å²) >= 11 is 0. The largest absolute Gasteiger partial charge is 0.466 e. The Labute approximate surface area is 175 Å². The Morgan fingerprint density at radius 3 is 2.00 bits per heavy atom. The van der Waals surface area contributed by atoms with Crippen molar-refractivity contribution in [2.24, 2.45) is 5.41 Å². The second-order valence-corrected chi connectivity index (χ2v) is 9.44. The molecule has 8 heteroatoms. The molecule has 0 spiro atoms. The summed E-state index contributed by atoms with van der Waals surface area (Å²) in [6, 6.07) is 0. The number of ether oxygens (including phenoxy) is 2. The van der Waals surface area contributed by atoms with Gasteiger partial charge in [-0.3, -0.25) is 9.36 Å². The van der Waals surface area contributed by atoms with Crippen LogP contribution in [-0.4, -0.2) is 44.5 Å². The van der Waals surface area contributed by atoms with Crippen LogP contribution in [0.1, 0.15) is 61.3 Å². The van der Waals surface area contributed by atoms with Crippen molar-refractivity contribution in [2.75, 3.05) is 32.6 Å². The molecule has 0 saturated heterocycles. The maximum absolute atomic E-state index is 11.8. The standard InChI is InChI=1S/C13H20O2.C8H17O5P/c1-5-15-12(14)7-11-6-10(2)8-13(3,4)9-11;1-4-11-8(9)7-14(10,12-5-2)13-6-3/h6-7H,5,8-9H2,1-4H3;4-7H2,1-3H3/b11-7+;. The van der Waals surface area contributed by atoms with Crippen molar-refractivity contribution in [3.63, 3.8) is 0 Å². The van der Waals surface area contributed by atoms with Gasteiger partial charge < -0.3 is 18.5 Å². The summed E-state index contributed by atoms with van der Waals surface area (Å²) < 4.78 is 31.2. The Kier molecular flexibility index (Phi) is 13.1. The molecule has 0 aliphatic heterocycles. The summed E-state index contributed by atoms with van der Waals surface area (Å²) in [6.07, 6.45) is 5.45. The Hall–Kier alpha value is -1.43. The Morgan fingerprint density at radius 1 is 1.00 bits per heavy atom. The third-order valence-electron chi connectivity index (χ3n) is 3.74. The first-order valence-electron chi connectivity index (χ1n) is 10.1. The van der Waals surface area contributed by atoms with E-state index >= 15 is 0 Å². The van der Waals surface area contributed by atoms with Gasteiger partial charge in [-0.2, -0.15) is 0 Å². The maximum Gasteiger partial charge on any atom is 0.341 e. The number of esters is 2. The molecule has 0 heterocycles. The summed E-state index contributed by atoms with van der Waals surface area (Å²) in [5.74, 6) is -0.785. The zero-order chi connectivity index (χ0) is 22.5. The lowest BCUT2D eigenvalue weighted by Crippen LogP contribution is -2.17. The second kappa shape index (κ2) is 13.7. The first-order chi connectivity index (χ1) is 13.5. The van der Waals surface area contributed by atoms with E-state index in [0.717, 1.165) is 18.4 Å². The number of carbonyl (C=O) groups is 2. The van der Waals surface area contributed by atoms with E-state index in [1.165, 1.54) is 5.57 Å². The quantitative estimate of drug-likeness (QED) is 0.286. The van der Waals surface area contributed by atoms with Gasteiger partial charge in [0.2, 0.25) is 0 Å². The van der Waals surface area contributed by atoms with Crippen molar-refractivity contribution in [3.8, 4) is 0 Å². The highest BCUT2D eigenvalue weighted by Gasteiger charge is 2.28. The predicted octanol–water partition coefficient (Wildman–Crippen LogP) is 5.06. The van der Waals surface area contributed by atoms with Gasteiger partial charge in [-0.25, -0.2) is 4.79 Å². The molecule has 1 aliphatic carbocycles. The van der Waals surface area contributed by atoms with Crippen LogP contribution >= 0.6 is 7.60 Å². The van der Waals surface area contributed by atoms with Gasteiger partial charge in [0.05, 0.1) is 26.4 Å². The molecule has 1 rings (SSSR count). The Morgan fingerprint density at radius 2 is 1.55 bits per heavy atom. The summed E-state index contributed by atoms with van der Waals surface area (Å²) in [7, 11) is -3.28. The van der Waals surface area contributed by atoms with Crippen LogP contribution in [-0.2, 0) is 32.7 Å². The maximum atomic E-state index is 11.8. The van der Waals surface area contributed by atoms with E-state index in [4.69, 9.17) is 13.8 Å². The molecule has 29 heavy (non-hydrogen) atoms. The van der Waals surface area contributed by atoms with Gasteiger partial charge in [-0.05, 0) is 58.4 Å². The summed E-state index contributed by atoms with van der Waals surface area (Å²) in [5.41, 5.74) is 2.68. The minimum atomic E-state index is -3.28. The lowest BCUT2D eigenvalue weighted by molar-refractivity contribution is -0.140. The molecule has 0 N–H and O–H groups in total. The summed E-state index contributed by atoms with van der Waals surface area (Å²) in [6.45, 7) is 14.6. The number of carbonyl (C=O) groups excluding carboxylic acids is 2. The van der Waals surface area contributed by atoms with E-state index in [1.54, 1.807) is 26.8 Å². The fourth-order valence-electron chi connectivity index (χ4n) is 3.10. The van der Waals surface area contributed by atoms with Crippen molar-refractivity contribution in [1.29, 1.82) is 0 Å². The first-order valence-corrected chi connectivity index (χ1v) is 11.8. The fraction of sp³-hybridized carbons (Fsp3) is 0.714. The average Bonchev–Trinajstić information content (AvgIpc) is 2.53. The number of hydrogen-bond donors (Lipinski definition) is 0. The average molecular weight is 432 g/mol. The smallest absolute Gasteiger partial charge is 0.341 e. The Balaban J connectivity index is 0.000000543. The number of rotatable bonds is 9. The molecule has 7 nitrogen and oxygen atoms in total. The lowest BCUT2D eigenvalue weighted by atomic mass is 9.75. The van der Waals surface area contributed by atoms with Crippen LogP contribution in [0.4, 0.5) is 0 Å². The third-order valence-corrected chi connectivity index (χ3v) is 5.69. The van der Waals surface area contributed by atoms with Crippen molar-refractivity contribution < 1.29 is 32.7 Å². The fourth-order valence-corrected chi connectivity index (χ4v) is 4.55. The van der Waals surface area contributed by atoms with Crippen molar-refractivity contribution >= 4 is 19.5 Å². The molecule has 0 aromatic rings. The van der Waals surface area contributed by atoms with Gasteiger partial charge in [-0.15, -0.1) is 0 Å². The Bertz CT molecular complexity index is 625. The molecule has 0 bridgehead atoms. The van der Waals surface area contributed by atoms with Crippen LogP contribution in [0.3, 0.4) is 0 Å². The van der Waals surface area contributed by atoms with Crippen LogP contribution in [0, 0.1) is 5.41 Å². The van der Waals surface area contributed by atoms with Crippen LogP contribution in [0.25, 0.3) is 0 Å². The monoisotopic (exact) mass is 432 g/mol. The molecular formula is C21H37O7P. The minimum absolute atomic E-state index is 0.228. The van der Waals surface area contributed by atoms with Crippen molar-refractivity contribution in [2.45, 2.75) is 61.3 Å². The van der Waals surface area contributed by atoms with E-state index in [9.17, 15) is 14.2 Å². The van der Waals surface area contributed by atoms with E-state index in [-0.39, 0.29) is 37.4 Å². The van der Waals surface area contributed by atoms with Crippen LogP contribution < -0.4 is 0 Å². The number of allylic oxidation sites excluding steroid dienone is 3. The highest BCUT2D eigenvalue weighted by atomic mass is 31.2. The molecule has 168 valence electrons. The SMILES string of the molecule is CCOC(=O)/C=C1\C=C(C)CC(C)(C)C1.CCOC(=O)CP(=O)(OCC)OCC. The molecule has 0 unspecified atom stereocenters. The van der Waals surface area contributed by atoms with Crippen LogP contribution in [0.15, 0.2) is 23.3 Å². The van der Waals surface area contributed by atoms with Crippen LogP contribution in [0.2, 0.25) is 0 Å². The first kappa shape index (κ1) is 27.6. The number of hydrogen-bond acceptors (Lipinski definition) is 7. The van der Waals surface area contributed by atoms with Gasteiger partial charge in [0.15, 0.2) is 0 Å². The molecule has 0 amide bonds. The van der Waals surface area contributed by atoms with Crippen molar-refractivity contribution in [1.82, 2.24) is 0 Å². The topological polar surface area (TPSA) is 88.1 Å². The zero-order valence-electron chi connectivity index (χ0n) is 18.9. The summed E-state index contributed by atoms with van der Waals surface area (Å²) in [5, 5.41) is 0. The third kappa shape index (κ3) is 12.7. The van der Waals surface area contributed by atoms with E-state index in [1.807, 2.05) is 6.92 Å². The highest BCUT2D eigenvalue weighted by molar-refractivity contribution is 7.54.